The number of anilines is 1. The lowest BCUT2D eigenvalue weighted by molar-refractivity contribution is -0.119. The Balaban J connectivity index is 2.70. The second-order valence-corrected chi connectivity index (χ2v) is 3.50. The number of nitrogens with zero attached hydrogens (tertiary/aromatic N) is 1. The quantitative estimate of drug-likeness (QED) is 0.783. The molecule has 0 aromatic carbocycles. The summed E-state index contributed by atoms with van der Waals surface area (Å²) < 4.78 is 0. The third-order valence-corrected chi connectivity index (χ3v) is 2.38. The van der Waals surface area contributed by atoms with Crippen LogP contribution in [0.5, 0.6) is 0 Å². The first-order valence-corrected chi connectivity index (χ1v) is 4.94. The Labute approximate surface area is 88.5 Å². The fraction of sp³-hybridized carbons (Fsp3) is 0.400. The number of nitrogens with one attached hydrogen (secondary N) is 1. The minimum absolute atomic E-state index is 0.00808. The predicted molar refractivity (Wildman–Crippen MR) is 57.3 cm³/mol. The summed E-state index contributed by atoms with van der Waals surface area (Å²) in [5.41, 5.74) is 0.569. The highest BCUT2D eigenvalue weighted by molar-refractivity contribution is 6.32. The van der Waals surface area contributed by atoms with E-state index in [0.717, 1.165) is 6.42 Å². The smallest absolute Gasteiger partial charge is 0.227 e. The average Bonchev–Trinajstić information content (AvgIpc) is 2.20. The predicted octanol–water partition coefficient (Wildman–Crippen LogP) is 2.72. The molecule has 1 rings (SSSR count). The normalized spacial score (nSPS) is 12.2. The summed E-state index contributed by atoms with van der Waals surface area (Å²) >= 11 is 5.79. The Morgan fingerprint density at radius 1 is 1.71 bits per heavy atom. The second kappa shape index (κ2) is 4.96. The molecule has 76 valence electrons. The van der Waals surface area contributed by atoms with E-state index in [4.69, 9.17) is 11.6 Å². The molecule has 0 unspecified atom stereocenters. The zero-order valence-corrected chi connectivity index (χ0v) is 9.01. The van der Waals surface area contributed by atoms with E-state index in [1.54, 1.807) is 18.3 Å². The van der Waals surface area contributed by atoms with Crippen molar-refractivity contribution in [2.24, 2.45) is 5.92 Å². The number of pyridine rings is 1. The molecular formula is C10H13ClN2O. The van der Waals surface area contributed by atoms with E-state index in [2.05, 4.69) is 10.3 Å². The van der Waals surface area contributed by atoms with Crippen LogP contribution in [-0.2, 0) is 4.79 Å². The van der Waals surface area contributed by atoms with Crippen LogP contribution in [0.15, 0.2) is 18.3 Å². The van der Waals surface area contributed by atoms with Gasteiger partial charge in [0.2, 0.25) is 5.91 Å². The van der Waals surface area contributed by atoms with Gasteiger partial charge in [-0.25, -0.2) is 4.98 Å². The van der Waals surface area contributed by atoms with Gasteiger partial charge >= 0.3 is 0 Å². The Morgan fingerprint density at radius 2 is 2.43 bits per heavy atom. The fourth-order valence-electron chi connectivity index (χ4n) is 0.921. The van der Waals surface area contributed by atoms with Crippen LogP contribution in [0.25, 0.3) is 0 Å². The maximum absolute atomic E-state index is 11.5. The zero-order chi connectivity index (χ0) is 10.6. The average molecular weight is 213 g/mol. The number of rotatable bonds is 3. The van der Waals surface area contributed by atoms with Crippen molar-refractivity contribution >= 4 is 23.2 Å². The van der Waals surface area contributed by atoms with Crippen molar-refractivity contribution in [2.75, 3.05) is 5.32 Å². The lowest BCUT2D eigenvalue weighted by Crippen LogP contribution is -2.19. The molecule has 1 aromatic rings. The van der Waals surface area contributed by atoms with E-state index in [1.807, 2.05) is 13.8 Å². The van der Waals surface area contributed by atoms with Crippen molar-refractivity contribution in [2.45, 2.75) is 20.3 Å². The van der Waals surface area contributed by atoms with E-state index >= 15 is 0 Å². The summed E-state index contributed by atoms with van der Waals surface area (Å²) in [4.78, 5) is 15.4. The number of carbonyl (C=O) groups excluding carboxylic acids is 1. The Morgan fingerprint density at radius 3 is 3.00 bits per heavy atom. The molecule has 3 nitrogen and oxygen atoms in total. The van der Waals surface area contributed by atoms with Gasteiger partial charge in [0.15, 0.2) is 5.15 Å². The van der Waals surface area contributed by atoms with Crippen LogP contribution in [0.4, 0.5) is 5.69 Å². The summed E-state index contributed by atoms with van der Waals surface area (Å²) in [7, 11) is 0. The third kappa shape index (κ3) is 2.70. The molecule has 0 bridgehead atoms. The summed E-state index contributed by atoms with van der Waals surface area (Å²) in [6, 6.07) is 3.47. The number of hydrogen-bond acceptors (Lipinski definition) is 2. The summed E-state index contributed by atoms with van der Waals surface area (Å²) in [6.07, 6.45) is 2.39. The Bertz CT molecular complexity index is 328. The monoisotopic (exact) mass is 212 g/mol. The largest absolute Gasteiger partial charge is 0.323 e. The highest BCUT2D eigenvalue weighted by atomic mass is 35.5. The van der Waals surface area contributed by atoms with Gasteiger partial charge in [-0.15, -0.1) is 0 Å². The molecule has 1 N–H and O–H groups in total. The molecular weight excluding hydrogens is 200 g/mol. The molecule has 1 amide bonds. The molecule has 1 heterocycles. The molecule has 0 aliphatic rings. The highest BCUT2D eigenvalue weighted by Crippen LogP contribution is 2.18. The maximum atomic E-state index is 11.5. The fourth-order valence-corrected chi connectivity index (χ4v) is 1.09. The van der Waals surface area contributed by atoms with Crippen molar-refractivity contribution in [3.8, 4) is 0 Å². The van der Waals surface area contributed by atoms with Crippen LogP contribution in [0.2, 0.25) is 5.15 Å². The van der Waals surface area contributed by atoms with Gasteiger partial charge in [-0.3, -0.25) is 4.79 Å². The van der Waals surface area contributed by atoms with E-state index in [1.165, 1.54) is 0 Å². The van der Waals surface area contributed by atoms with Crippen molar-refractivity contribution in [3.05, 3.63) is 23.5 Å². The second-order valence-electron chi connectivity index (χ2n) is 3.14. The first-order valence-electron chi connectivity index (χ1n) is 4.56. The third-order valence-electron chi connectivity index (χ3n) is 2.08. The minimum atomic E-state index is -0.0256. The number of amides is 1. The molecule has 1 aromatic heterocycles. The lowest BCUT2D eigenvalue weighted by atomic mass is 10.1. The molecule has 0 fully saturated rings. The van der Waals surface area contributed by atoms with E-state index in [-0.39, 0.29) is 11.8 Å². The number of halogens is 1. The maximum Gasteiger partial charge on any atom is 0.227 e. The van der Waals surface area contributed by atoms with Crippen LogP contribution in [0, 0.1) is 5.92 Å². The van der Waals surface area contributed by atoms with Crippen molar-refractivity contribution in [1.82, 2.24) is 4.98 Å². The number of carbonyl (C=O) groups is 1. The lowest BCUT2D eigenvalue weighted by Gasteiger charge is -2.10. The van der Waals surface area contributed by atoms with Crippen LogP contribution in [-0.4, -0.2) is 10.9 Å². The van der Waals surface area contributed by atoms with Gasteiger partial charge in [0.05, 0.1) is 5.69 Å². The van der Waals surface area contributed by atoms with Crippen LogP contribution in [0.1, 0.15) is 20.3 Å². The molecule has 0 saturated carbocycles. The SMILES string of the molecule is CC[C@@H](C)C(=O)Nc1cccnc1Cl. The molecule has 0 spiro atoms. The minimum Gasteiger partial charge on any atom is -0.323 e. The first-order chi connectivity index (χ1) is 6.65. The molecule has 0 aliphatic carbocycles. The van der Waals surface area contributed by atoms with Gasteiger partial charge in [0.1, 0.15) is 0 Å². The van der Waals surface area contributed by atoms with Gasteiger partial charge in [-0.1, -0.05) is 25.4 Å². The van der Waals surface area contributed by atoms with Gasteiger partial charge < -0.3 is 5.32 Å². The summed E-state index contributed by atoms with van der Waals surface area (Å²) in [5.74, 6) is -0.0336. The van der Waals surface area contributed by atoms with Gasteiger partial charge in [-0.2, -0.15) is 0 Å². The molecule has 0 radical (unpaired) electrons. The van der Waals surface area contributed by atoms with Crippen molar-refractivity contribution in [3.63, 3.8) is 0 Å². The first kappa shape index (κ1) is 11.0. The van der Waals surface area contributed by atoms with Crippen LogP contribution in [0.3, 0.4) is 0 Å². The van der Waals surface area contributed by atoms with Crippen LogP contribution < -0.4 is 5.32 Å². The van der Waals surface area contributed by atoms with E-state index in [0.29, 0.717) is 10.8 Å². The summed E-state index contributed by atoms with van der Waals surface area (Å²) in [5, 5.41) is 3.05. The Hall–Kier alpha value is -1.09. The van der Waals surface area contributed by atoms with E-state index in [9.17, 15) is 4.79 Å². The number of hydrogen-bond donors (Lipinski definition) is 1. The van der Waals surface area contributed by atoms with Crippen molar-refractivity contribution < 1.29 is 4.79 Å². The molecule has 0 saturated heterocycles. The number of aromatic nitrogens is 1. The standard InChI is InChI=1S/C10H13ClN2O/c1-3-7(2)10(14)13-8-5-4-6-12-9(8)11/h4-7H,3H2,1-2H3,(H,13,14)/t7-/m1/s1. The molecule has 4 heteroatoms. The van der Waals surface area contributed by atoms with Gasteiger partial charge in [0.25, 0.3) is 0 Å². The van der Waals surface area contributed by atoms with E-state index < -0.39 is 0 Å². The highest BCUT2D eigenvalue weighted by Gasteiger charge is 2.11. The molecule has 14 heavy (non-hydrogen) atoms. The summed E-state index contributed by atoms with van der Waals surface area (Å²) in [6.45, 7) is 3.84. The molecule has 1 atom stereocenters. The Kier molecular flexibility index (Phi) is 3.89. The topological polar surface area (TPSA) is 42.0 Å². The van der Waals surface area contributed by atoms with Crippen LogP contribution >= 0.6 is 11.6 Å². The zero-order valence-electron chi connectivity index (χ0n) is 8.25. The molecule has 0 aliphatic heterocycles. The van der Waals surface area contributed by atoms with Gasteiger partial charge in [-0.05, 0) is 18.6 Å². The van der Waals surface area contributed by atoms with Crippen molar-refractivity contribution in [1.29, 1.82) is 0 Å². The van der Waals surface area contributed by atoms with Gasteiger partial charge in [0, 0.05) is 12.1 Å².